The fraction of sp³-hybridized carbons (Fsp3) is 0.429. The van der Waals surface area contributed by atoms with Gasteiger partial charge in [0.25, 0.3) is 0 Å². The van der Waals surface area contributed by atoms with Crippen molar-refractivity contribution in [1.29, 1.82) is 0 Å². The molecule has 0 radical (unpaired) electrons. The third kappa shape index (κ3) is 3.87. The number of hydrogen-bond acceptors (Lipinski definition) is 2. The average Bonchev–Trinajstić information content (AvgIpc) is 2.85. The molecule has 1 saturated carbocycles. The van der Waals surface area contributed by atoms with E-state index in [0.717, 1.165) is 5.69 Å². The summed E-state index contributed by atoms with van der Waals surface area (Å²) in [5.41, 5.74) is 1.63. The molecule has 0 unspecified atom stereocenters. The first kappa shape index (κ1) is 12.6. The predicted octanol–water partition coefficient (Wildman–Crippen LogP) is 3.22. The maximum atomic E-state index is 11.6. The van der Waals surface area contributed by atoms with E-state index >= 15 is 0 Å². The zero-order valence-corrected chi connectivity index (χ0v) is 10.6. The first-order valence-electron chi connectivity index (χ1n) is 6.41. The van der Waals surface area contributed by atoms with E-state index in [4.69, 9.17) is 0 Å². The summed E-state index contributed by atoms with van der Waals surface area (Å²) in [6, 6.07) is 3.47. The summed E-state index contributed by atoms with van der Waals surface area (Å²) >= 11 is 0. The summed E-state index contributed by atoms with van der Waals surface area (Å²) < 4.78 is 0. The third-order valence-electron chi connectivity index (χ3n) is 3.15. The minimum Gasteiger partial charge on any atom is -0.315 e. The van der Waals surface area contributed by atoms with Crippen molar-refractivity contribution in [1.82, 2.24) is 10.3 Å². The molecule has 0 atom stereocenters. The largest absolute Gasteiger partial charge is 0.323 e. The molecule has 4 heteroatoms. The summed E-state index contributed by atoms with van der Waals surface area (Å²) in [4.78, 5) is 15.7. The normalized spacial score (nSPS) is 16.1. The number of urea groups is 1. The molecule has 1 aromatic heterocycles. The smallest absolute Gasteiger partial charge is 0.315 e. The van der Waals surface area contributed by atoms with Crippen LogP contribution in [0.5, 0.6) is 0 Å². The van der Waals surface area contributed by atoms with Gasteiger partial charge in [0.2, 0.25) is 0 Å². The van der Waals surface area contributed by atoms with Gasteiger partial charge in [-0.3, -0.25) is 4.98 Å². The molecule has 1 aliphatic carbocycles. The van der Waals surface area contributed by atoms with Crippen LogP contribution in [0.2, 0.25) is 0 Å². The van der Waals surface area contributed by atoms with Gasteiger partial charge in [-0.2, -0.15) is 0 Å². The fourth-order valence-corrected chi connectivity index (χ4v) is 2.12. The van der Waals surface area contributed by atoms with Crippen LogP contribution < -0.4 is 10.6 Å². The number of hydrogen-bond donors (Lipinski definition) is 2. The number of nitrogens with one attached hydrogen (secondary N) is 2. The Morgan fingerprint density at radius 1 is 1.39 bits per heavy atom. The van der Waals surface area contributed by atoms with E-state index in [-0.39, 0.29) is 6.03 Å². The predicted molar refractivity (Wildman–Crippen MR) is 72.2 cm³/mol. The van der Waals surface area contributed by atoms with E-state index in [2.05, 4.69) is 21.7 Å². The minimum atomic E-state index is -0.227. The van der Waals surface area contributed by atoms with Gasteiger partial charge in [0.05, 0.1) is 11.9 Å². The Bertz CT molecular complexity index is 419. The number of rotatable bonds is 3. The summed E-state index contributed by atoms with van der Waals surface area (Å²) in [6.45, 7) is 1.91. The second-order valence-electron chi connectivity index (χ2n) is 4.69. The van der Waals surface area contributed by atoms with Crippen LogP contribution in [-0.4, -0.2) is 11.0 Å². The molecule has 96 valence electrons. The van der Waals surface area contributed by atoms with E-state index in [1.54, 1.807) is 12.4 Å². The van der Waals surface area contributed by atoms with Gasteiger partial charge in [-0.1, -0.05) is 18.9 Å². The molecular weight excluding hydrogens is 226 g/mol. The number of aromatic nitrogens is 1. The zero-order valence-electron chi connectivity index (χ0n) is 10.6. The van der Waals surface area contributed by atoms with Crippen molar-refractivity contribution in [2.75, 3.05) is 5.32 Å². The Morgan fingerprint density at radius 3 is 2.83 bits per heavy atom. The highest BCUT2D eigenvalue weighted by atomic mass is 16.2. The topological polar surface area (TPSA) is 54.0 Å². The number of aryl methyl sites for hydroxylation is 1. The van der Waals surface area contributed by atoms with Gasteiger partial charge in [0.1, 0.15) is 0 Å². The monoisotopic (exact) mass is 245 g/mol. The van der Waals surface area contributed by atoms with Gasteiger partial charge < -0.3 is 10.6 Å². The lowest BCUT2D eigenvalue weighted by Crippen LogP contribution is -2.24. The molecule has 1 heterocycles. The highest BCUT2D eigenvalue weighted by Gasteiger charge is 2.11. The summed E-state index contributed by atoms with van der Waals surface area (Å²) in [5, 5.41) is 5.44. The Kier molecular flexibility index (Phi) is 4.34. The van der Waals surface area contributed by atoms with Crippen molar-refractivity contribution < 1.29 is 4.79 Å². The van der Waals surface area contributed by atoms with E-state index in [0.29, 0.717) is 11.6 Å². The standard InChI is InChI=1S/C14H19N3O/c1-11-6-7-13(10-16-11)17-14(18)15-9-8-12-4-2-3-5-12/h6-10,12H,2-5H2,1H3,(H2,15,17,18)/b9-8+. The zero-order chi connectivity index (χ0) is 12.8. The molecule has 4 nitrogen and oxygen atoms in total. The van der Waals surface area contributed by atoms with Gasteiger partial charge >= 0.3 is 6.03 Å². The molecule has 0 aromatic carbocycles. The summed E-state index contributed by atoms with van der Waals surface area (Å²) in [5.74, 6) is 0.631. The average molecular weight is 245 g/mol. The van der Waals surface area contributed by atoms with Gasteiger partial charge in [0, 0.05) is 11.9 Å². The Balaban J connectivity index is 1.76. The number of carbonyl (C=O) groups is 1. The lowest BCUT2D eigenvalue weighted by Gasteiger charge is -2.05. The Morgan fingerprint density at radius 2 is 2.17 bits per heavy atom. The van der Waals surface area contributed by atoms with E-state index < -0.39 is 0 Å². The number of nitrogens with zero attached hydrogens (tertiary/aromatic N) is 1. The molecule has 0 aliphatic heterocycles. The highest BCUT2D eigenvalue weighted by molar-refractivity contribution is 5.89. The van der Waals surface area contributed by atoms with Crippen LogP contribution in [0.4, 0.5) is 10.5 Å². The van der Waals surface area contributed by atoms with Crippen molar-refractivity contribution in [3.05, 3.63) is 36.3 Å². The van der Waals surface area contributed by atoms with Crippen molar-refractivity contribution in [3.8, 4) is 0 Å². The highest BCUT2D eigenvalue weighted by Crippen LogP contribution is 2.25. The van der Waals surface area contributed by atoms with Gasteiger partial charge in [-0.25, -0.2) is 4.79 Å². The van der Waals surface area contributed by atoms with Crippen molar-refractivity contribution in [2.24, 2.45) is 5.92 Å². The molecule has 1 fully saturated rings. The first-order chi connectivity index (χ1) is 8.74. The number of amides is 2. The quantitative estimate of drug-likeness (QED) is 0.859. The molecule has 0 saturated heterocycles. The third-order valence-corrected chi connectivity index (χ3v) is 3.15. The fourth-order valence-electron chi connectivity index (χ4n) is 2.12. The van der Waals surface area contributed by atoms with E-state index in [1.165, 1.54) is 25.7 Å². The Hall–Kier alpha value is -1.84. The van der Waals surface area contributed by atoms with Crippen LogP contribution in [0, 0.1) is 12.8 Å². The second kappa shape index (κ2) is 6.19. The number of carbonyl (C=O) groups excluding carboxylic acids is 1. The summed E-state index contributed by atoms with van der Waals surface area (Å²) in [7, 11) is 0. The molecule has 18 heavy (non-hydrogen) atoms. The molecule has 2 N–H and O–H groups in total. The van der Waals surface area contributed by atoms with Gasteiger partial charge in [-0.15, -0.1) is 0 Å². The van der Waals surface area contributed by atoms with Crippen LogP contribution in [0.1, 0.15) is 31.4 Å². The first-order valence-corrected chi connectivity index (χ1v) is 6.41. The van der Waals surface area contributed by atoms with Crippen molar-refractivity contribution in [2.45, 2.75) is 32.6 Å². The van der Waals surface area contributed by atoms with Crippen LogP contribution in [-0.2, 0) is 0 Å². The van der Waals surface area contributed by atoms with Gasteiger partial charge in [-0.05, 0) is 37.8 Å². The van der Waals surface area contributed by atoms with Crippen LogP contribution in [0.3, 0.4) is 0 Å². The van der Waals surface area contributed by atoms with E-state index in [1.807, 2.05) is 19.1 Å². The van der Waals surface area contributed by atoms with Gasteiger partial charge in [0.15, 0.2) is 0 Å². The maximum absolute atomic E-state index is 11.6. The maximum Gasteiger partial charge on any atom is 0.323 e. The molecule has 0 bridgehead atoms. The second-order valence-corrected chi connectivity index (χ2v) is 4.69. The SMILES string of the molecule is Cc1ccc(NC(=O)N/C=C/C2CCCC2)cn1. The molecular formula is C14H19N3O. The molecule has 1 aromatic rings. The van der Waals surface area contributed by atoms with E-state index in [9.17, 15) is 4.79 Å². The van der Waals surface area contributed by atoms with Crippen molar-refractivity contribution in [3.63, 3.8) is 0 Å². The number of allylic oxidation sites excluding steroid dienone is 1. The number of pyridine rings is 1. The lowest BCUT2D eigenvalue weighted by atomic mass is 10.1. The van der Waals surface area contributed by atoms with Crippen LogP contribution in [0.25, 0.3) is 0 Å². The number of anilines is 1. The Labute approximate surface area is 108 Å². The lowest BCUT2D eigenvalue weighted by molar-refractivity contribution is 0.255. The van der Waals surface area contributed by atoms with Crippen LogP contribution in [0.15, 0.2) is 30.6 Å². The molecule has 0 spiro atoms. The molecule has 2 amide bonds. The van der Waals surface area contributed by atoms with Crippen LogP contribution >= 0.6 is 0 Å². The molecule has 1 aliphatic rings. The van der Waals surface area contributed by atoms with Crippen molar-refractivity contribution >= 4 is 11.7 Å². The minimum absolute atomic E-state index is 0.227. The summed E-state index contributed by atoms with van der Waals surface area (Å²) in [6.07, 6.45) is 10.6. The molecule has 2 rings (SSSR count).